The van der Waals surface area contributed by atoms with E-state index >= 15 is 0 Å². The lowest BCUT2D eigenvalue weighted by Gasteiger charge is -2.08. The summed E-state index contributed by atoms with van der Waals surface area (Å²) in [5.41, 5.74) is 6.37. The normalized spacial score (nSPS) is 12.1. The van der Waals surface area contributed by atoms with Crippen LogP contribution in [0.5, 0.6) is 0 Å². The lowest BCUT2D eigenvalue weighted by Crippen LogP contribution is -2.35. The SMILES string of the molecule is NC(CO)C(=O)OCCc1ccccc1. The second kappa shape index (κ2) is 6.16. The highest BCUT2D eigenvalue weighted by Gasteiger charge is 2.12. The van der Waals surface area contributed by atoms with Crippen molar-refractivity contribution in [2.45, 2.75) is 12.5 Å². The lowest BCUT2D eigenvalue weighted by atomic mass is 10.2. The molecule has 1 rings (SSSR count). The first kappa shape index (κ1) is 11.7. The molecule has 0 saturated carbocycles. The van der Waals surface area contributed by atoms with Crippen molar-refractivity contribution < 1.29 is 14.6 Å². The molecule has 4 nitrogen and oxygen atoms in total. The largest absolute Gasteiger partial charge is 0.464 e. The Morgan fingerprint density at radius 1 is 1.40 bits per heavy atom. The molecule has 1 atom stereocenters. The number of carbonyl (C=O) groups is 1. The van der Waals surface area contributed by atoms with Gasteiger partial charge in [-0.2, -0.15) is 0 Å². The minimum atomic E-state index is -0.930. The predicted octanol–water partition coefficient (Wildman–Crippen LogP) is 0.0919. The van der Waals surface area contributed by atoms with Gasteiger partial charge in [0.05, 0.1) is 13.2 Å². The quantitative estimate of drug-likeness (QED) is 0.674. The zero-order valence-corrected chi connectivity index (χ0v) is 8.43. The summed E-state index contributed by atoms with van der Waals surface area (Å²) >= 11 is 0. The van der Waals surface area contributed by atoms with Gasteiger partial charge in [0.2, 0.25) is 0 Å². The van der Waals surface area contributed by atoms with E-state index in [1.807, 2.05) is 30.3 Å². The van der Waals surface area contributed by atoms with E-state index in [2.05, 4.69) is 0 Å². The molecule has 1 aromatic carbocycles. The first-order valence-corrected chi connectivity index (χ1v) is 4.81. The van der Waals surface area contributed by atoms with Crippen molar-refractivity contribution in [3.8, 4) is 0 Å². The molecule has 0 fully saturated rings. The molecule has 15 heavy (non-hydrogen) atoms. The van der Waals surface area contributed by atoms with Crippen LogP contribution in [0.2, 0.25) is 0 Å². The zero-order chi connectivity index (χ0) is 11.1. The summed E-state index contributed by atoms with van der Waals surface area (Å²) in [5, 5.41) is 8.60. The lowest BCUT2D eigenvalue weighted by molar-refractivity contribution is -0.146. The van der Waals surface area contributed by atoms with Gasteiger partial charge < -0.3 is 15.6 Å². The molecule has 0 heterocycles. The second-order valence-corrected chi connectivity index (χ2v) is 3.19. The number of esters is 1. The van der Waals surface area contributed by atoms with Crippen LogP contribution in [0.3, 0.4) is 0 Å². The van der Waals surface area contributed by atoms with Gasteiger partial charge in [-0.15, -0.1) is 0 Å². The molecule has 0 aliphatic rings. The maximum atomic E-state index is 11.1. The summed E-state index contributed by atoms with van der Waals surface area (Å²) < 4.78 is 4.87. The summed E-state index contributed by atoms with van der Waals surface area (Å²) in [6.07, 6.45) is 0.657. The van der Waals surface area contributed by atoms with E-state index in [1.165, 1.54) is 0 Å². The Labute approximate surface area is 88.7 Å². The monoisotopic (exact) mass is 209 g/mol. The first-order valence-electron chi connectivity index (χ1n) is 4.81. The van der Waals surface area contributed by atoms with Crippen molar-refractivity contribution >= 4 is 5.97 Å². The van der Waals surface area contributed by atoms with Gasteiger partial charge in [0.25, 0.3) is 0 Å². The van der Waals surface area contributed by atoms with Crippen molar-refractivity contribution in [3.05, 3.63) is 35.9 Å². The van der Waals surface area contributed by atoms with E-state index in [0.29, 0.717) is 6.42 Å². The molecule has 0 saturated heterocycles. The van der Waals surface area contributed by atoms with Crippen LogP contribution in [-0.4, -0.2) is 30.3 Å². The molecule has 0 radical (unpaired) electrons. The van der Waals surface area contributed by atoms with E-state index in [0.717, 1.165) is 5.56 Å². The van der Waals surface area contributed by atoms with Crippen LogP contribution < -0.4 is 5.73 Å². The number of benzene rings is 1. The van der Waals surface area contributed by atoms with Gasteiger partial charge in [0.1, 0.15) is 6.04 Å². The van der Waals surface area contributed by atoms with Crippen LogP contribution in [0.1, 0.15) is 5.56 Å². The molecule has 0 bridgehead atoms. The number of ether oxygens (including phenoxy) is 1. The third kappa shape index (κ3) is 4.10. The summed E-state index contributed by atoms with van der Waals surface area (Å²) in [7, 11) is 0. The number of carbonyl (C=O) groups excluding carboxylic acids is 1. The van der Waals surface area contributed by atoms with Gasteiger partial charge >= 0.3 is 5.97 Å². The third-order valence-corrected chi connectivity index (χ3v) is 1.98. The molecule has 0 amide bonds. The Balaban J connectivity index is 2.25. The van der Waals surface area contributed by atoms with Gasteiger partial charge in [0.15, 0.2) is 0 Å². The molecule has 0 aliphatic carbocycles. The summed E-state index contributed by atoms with van der Waals surface area (Å²) in [6.45, 7) is -0.0965. The number of aliphatic hydroxyl groups excluding tert-OH is 1. The predicted molar refractivity (Wildman–Crippen MR) is 56.2 cm³/mol. The minimum absolute atomic E-state index is 0.288. The zero-order valence-electron chi connectivity index (χ0n) is 8.43. The van der Waals surface area contributed by atoms with Gasteiger partial charge in [0, 0.05) is 6.42 Å². The van der Waals surface area contributed by atoms with Crippen molar-refractivity contribution in [2.75, 3.05) is 13.2 Å². The van der Waals surface area contributed by atoms with Crippen molar-refractivity contribution in [2.24, 2.45) is 5.73 Å². The van der Waals surface area contributed by atoms with Crippen molar-refractivity contribution in [1.29, 1.82) is 0 Å². The van der Waals surface area contributed by atoms with Gasteiger partial charge in [-0.25, -0.2) is 0 Å². The van der Waals surface area contributed by atoms with E-state index in [4.69, 9.17) is 15.6 Å². The van der Waals surface area contributed by atoms with Gasteiger partial charge in [-0.1, -0.05) is 30.3 Å². The Bertz CT molecular complexity index is 300. The Hall–Kier alpha value is -1.39. The minimum Gasteiger partial charge on any atom is -0.464 e. The van der Waals surface area contributed by atoms with Crippen LogP contribution >= 0.6 is 0 Å². The van der Waals surface area contributed by atoms with E-state index in [9.17, 15) is 4.79 Å². The highest BCUT2D eigenvalue weighted by atomic mass is 16.5. The fourth-order valence-electron chi connectivity index (χ4n) is 1.10. The molecular formula is C11H15NO3. The van der Waals surface area contributed by atoms with E-state index in [-0.39, 0.29) is 13.2 Å². The summed E-state index contributed by atoms with van der Waals surface area (Å²) in [4.78, 5) is 11.1. The van der Waals surface area contributed by atoms with E-state index in [1.54, 1.807) is 0 Å². The average Bonchev–Trinajstić information content (AvgIpc) is 2.29. The van der Waals surface area contributed by atoms with Crippen LogP contribution in [0.15, 0.2) is 30.3 Å². The molecule has 0 aromatic heterocycles. The highest BCUT2D eigenvalue weighted by molar-refractivity contribution is 5.75. The Kier molecular flexibility index (Phi) is 4.80. The maximum absolute atomic E-state index is 11.1. The fourth-order valence-corrected chi connectivity index (χ4v) is 1.10. The Morgan fingerprint density at radius 2 is 2.07 bits per heavy atom. The average molecular weight is 209 g/mol. The van der Waals surface area contributed by atoms with Crippen LogP contribution in [-0.2, 0) is 16.0 Å². The van der Waals surface area contributed by atoms with Crippen molar-refractivity contribution in [3.63, 3.8) is 0 Å². The number of rotatable bonds is 5. The van der Waals surface area contributed by atoms with Gasteiger partial charge in [-0.3, -0.25) is 4.79 Å². The molecule has 3 N–H and O–H groups in total. The third-order valence-electron chi connectivity index (χ3n) is 1.98. The standard InChI is InChI=1S/C11H15NO3/c12-10(8-13)11(14)15-7-6-9-4-2-1-3-5-9/h1-5,10,13H,6-8,12H2. The first-order chi connectivity index (χ1) is 7.24. The molecular weight excluding hydrogens is 194 g/mol. The highest BCUT2D eigenvalue weighted by Crippen LogP contribution is 1.99. The summed E-state index contributed by atoms with van der Waals surface area (Å²) in [6, 6.07) is 8.77. The van der Waals surface area contributed by atoms with Crippen LogP contribution in [0.4, 0.5) is 0 Å². The topological polar surface area (TPSA) is 72.5 Å². The number of hydrogen-bond donors (Lipinski definition) is 2. The smallest absolute Gasteiger partial charge is 0.325 e. The molecule has 1 unspecified atom stereocenters. The summed E-state index contributed by atoms with van der Waals surface area (Å²) in [5.74, 6) is -0.562. The molecule has 0 aliphatic heterocycles. The van der Waals surface area contributed by atoms with Crippen LogP contribution in [0.25, 0.3) is 0 Å². The molecule has 0 spiro atoms. The molecule has 1 aromatic rings. The maximum Gasteiger partial charge on any atom is 0.325 e. The molecule has 82 valence electrons. The molecule has 4 heteroatoms. The Morgan fingerprint density at radius 3 is 2.67 bits per heavy atom. The fraction of sp³-hybridized carbons (Fsp3) is 0.364. The number of hydrogen-bond acceptors (Lipinski definition) is 4. The van der Waals surface area contributed by atoms with Crippen molar-refractivity contribution in [1.82, 2.24) is 0 Å². The van der Waals surface area contributed by atoms with Crippen LogP contribution in [0, 0.1) is 0 Å². The van der Waals surface area contributed by atoms with Gasteiger partial charge in [-0.05, 0) is 5.56 Å². The number of nitrogens with two attached hydrogens (primary N) is 1. The second-order valence-electron chi connectivity index (χ2n) is 3.19. The van der Waals surface area contributed by atoms with E-state index < -0.39 is 12.0 Å². The number of aliphatic hydroxyl groups is 1.